The number of pyridine rings is 1. The van der Waals surface area contributed by atoms with Crippen molar-refractivity contribution >= 4 is 11.6 Å². The van der Waals surface area contributed by atoms with Gasteiger partial charge < -0.3 is 10.1 Å². The Hall–Kier alpha value is -2.50. The Labute approximate surface area is 119 Å². The quantitative estimate of drug-likeness (QED) is 0.865. The van der Waals surface area contributed by atoms with Crippen molar-refractivity contribution < 1.29 is 18.3 Å². The van der Waals surface area contributed by atoms with Crippen LogP contribution in [0.4, 0.5) is 14.5 Å². The van der Waals surface area contributed by atoms with E-state index in [0.29, 0.717) is 6.42 Å². The van der Waals surface area contributed by atoms with Crippen LogP contribution in [0.15, 0.2) is 36.4 Å². The third-order valence-electron chi connectivity index (χ3n) is 3.32. The summed E-state index contributed by atoms with van der Waals surface area (Å²) in [7, 11) is 0. The molecule has 2 aromatic rings. The van der Waals surface area contributed by atoms with Crippen LogP contribution in [0.1, 0.15) is 5.56 Å². The zero-order valence-corrected chi connectivity index (χ0v) is 11.0. The Morgan fingerprint density at radius 3 is 2.86 bits per heavy atom. The van der Waals surface area contributed by atoms with Crippen molar-refractivity contribution in [2.24, 2.45) is 5.92 Å². The summed E-state index contributed by atoms with van der Waals surface area (Å²) in [5.41, 5.74) is 0.793. The maximum atomic E-state index is 13.4. The van der Waals surface area contributed by atoms with Gasteiger partial charge in [0.1, 0.15) is 12.4 Å². The first-order chi connectivity index (χ1) is 10.1. The lowest BCUT2D eigenvalue weighted by molar-refractivity contribution is -0.121. The number of amides is 1. The highest BCUT2D eigenvalue weighted by molar-refractivity contribution is 5.93. The van der Waals surface area contributed by atoms with Crippen LogP contribution in [0.2, 0.25) is 0 Å². The van der Waals surface area contributed by atoms with Crippen molar-refractivity contribution in [3.63, 3.8) is 0 Å². The zero-order chi connectivity index (χ0) is 14.8. The fourth-order valence-electron chi connectivity index (χ4n) is 2.24. The Morgan fingerprint density at radius 2 is 2.05 bits per heavy atom. The van der Waals surface area contributed by atoms with E-state index in [9.17, 15) is 13.6 Å². The van der Waals surface area contributed by atoms with Crippen LogP contribution in [-0.2, 0) is 11.2 Å². The fourth-order valence-corrected chi connectivity index (χ4v) is 2.24. The second-order valence-corrected chi connectivity index (χ2v) is 4.78. The summed E-state index contributed by atoms with van der Waals surface area (Å²) >= 11 is 0. The molecule has 1 amide bonds. The maximum absolute atomic E-state index is 13.4. The van der Waals surface area contributed by atoms with Crippen LogP contribution in [-0.4, -0.2) is 17.5 Å². The van der Waals surface area contributed by atoms with E-state index in [4.69, 9.17) is 4.74 Å². The molecule has 4 nitrogen and oxygen atoms in total. The third kappa shape index (κ3) is 2.84. The van der Waals surface area contributed by atoms with Gasteiger partial charge in [0.05, 0.1) is 11.6 Å². The molecule has 0 aliphatic carbocycles. The summed E-state index contributed by atoms with van der Waals surface area (Å²) in [4.78, 5) is 15.2. The molecule has 0 radical (unpaired) electrons. The molecule has 0 spiro atoms. The first-order valence-electron chi connectivity index (χ1n) is 6.47. The number of benzene rings is 1. The lowest BCUT2D eigenvalue weighted by atomic mass is 9.96. The van der Waals surface area contributed by atoms with Crippen molar-refractivity contribution in [1.82, 2.24) is 4.98 Å². The van der Waals surface area contributed by atoms with E-state index < -0.39 is 17.8 Å². The van der Waals surface area contributed by atoms with Crippen LogP contribution >= 0.6 is 0 Å². The van der Waals surface area contributed by atoms with Crippen LogP contribution in [0.25, 0.3) is 0 Å². The molecule has 3 rings (SSSR count). The number of hydrogen-bond donors (Lipinski definition) is 1. The van der Waals surface area contributed by atoms with Crippen LogP contribution in [0.3, 0.4) is 0 Å². The molecular formula is C15H12F2N2O2. The van der Waals surface area contributed by atoms with E-state index in [-0.39, 0.29) is 18.2 Å². The Bertz CT molecular complexity index is 691. The number of anilines is 1. The average Bonchev–Trinajstić information content (AvgIpc) is 2.49. The Kier molecular flexibility index (Phi) is 3.51. The van der Waals surface area contributed by atoms with Crippen molar-refractivity contribution in [2.45, 2.75) is 6.42 Å². The number of carbonyl (C=O) groups is 1. The van der Waals surface area contributed by atoms with Gasteiger partial charge in [0.15, 0.2) is 0 Å². The SMILES string of the molecule is O=C(Nc1ccc(F)nc1F)C1COc2ccccc2C1. The minimum Gasteiger partial charge on any atom is -0.492 e. The Balaban J connectivity index is 1.72. The predicted octanol–water partition coefficient (Wildman–Crippen LogP) is 2.55. The normalized spacial score (nSPS) is 16.8. The highest BCUT2D eigenvalue weighted by atomic mass is 19.1. The zero-order valence-electron chi connectivity index (χ0n) is 11.0. The van der Waals surface area contributed by atoms with Gasteiger partial charge >= 0.3 is 0 Å². The summed E-state index contributed by atoms with van der Waals surface area (Å²) in [6.07, 6.45) is 0.512. The maximum Gasteiger partial charge on any atom is 0.239 e. The second-order valence-electron chi connectivity index (χ2n) is 4.78. The number of hydrogen-bond acceptors (Lipinski definition) is 3. The van der Waals surface area contributed by atoms with Crippen LogP contribution in [0.5, 0.6) is 5.75 Å². The van der Waals surface area contributed by atoms with Crippen LogP contribution in [0, 0.1) is 17.8 Å². The summed E-state index contributed by atoms with van der Waals surface area (Å²) in [5, 5.41) is 2.41. The molecule has 1 N–H and O–H groups in total. The lowest BCUT2D eigenvalue weighted by Gasteiger charge is -2.24. The van der Waals surface area contributed by atoms with E-state index in [2.05, 4.69) is 10.3 Å². The van der Waals surface area contributed by atoms with Crippen molar-refractivity contribution in [2.75, 3.05) is 11.9 Å². The highest BCUT2D eigenvalue weighted by Crippen LogP contribution is 2.27. The standard InChI is InChI=1S/C15H12F2N2O2/c16-13-6-5-11(14(17)19-13)18-15(20)10-7-9-3-1-2-4-12(9)21-8-10/h1-6,10H,7-8H2,(H,18,20). The third-order valence-corrected chi connectivity index (χ3v) is 3.32. The summed E-state index contributed by atoms with van der Waals surface area (Å²) in [6, 6.07) is 9.59. The van der Waals surface area contributed by atoms with Gasteiger partial charge in [-0.25, -0.2) is 0 Å². The molecule has 0 fully saturated rings. The monoisotopic (exact) mass is 290 g/mol. The van der Waals surface area contributed by atoms with Gasteiger partial charge in [-0.2, -0.15) is 13.8 Å². The minimum absolute atomic E-state index is 0.139. The van der Waals surface area contributed by atoms with Crippen molar-refractivity contribution in [1.29, 1.82) is 0 Å². The van der Waals surface area contributed by atoms with Crippen molar-refractivity contribution in [3.05, 3.63) is 53.9 Å². The fraction of sp³-hybridized carbons (Fsp3) is 0.200. The number of para-hydroxylation sites is 1. The van der Waals surface area contributed by atoms with Gasteiger partial charge in [0, 0.05) is 0 Å². The number of nitrogens with zero attached hydrogens (tertiary/aromatic N) is 1. The van der Waals surface area contributed by atoms with Crippen LogP contribution < -0.4 is 10.1 Å². The molecule has 0 saturated carbocycles. The van der Waals surface area contributed by atoms with Gasteiger partial charge in [-0.15, -0.1) is 0 Å². The van der Waals surface area contributed by atoms with Gasteiger partial charge in [-0.05, 0) is 30.2 Å². The summed E-state index contributed by atoms with van der Waals surface area (Å²) in [5.74, 6) is -2.02. The number of nitrogens with one attached hydrogen (secondary N) is 1. The molecule has 2 heterocycles. The van der Waals surface area contributed by atoms with E-state index in [1.165, 1.54) is 0 Å². The van der Waals surface area contributed by atoms with Crippen molar-refractivity contribution in [3.8, 4) is 5.75 Å². The molecule has 0 saturated heterocycles. The van der Waals surface area contributed by atoms with Gasteiger partial charge in [0.2, 0.25) is 17.8 Å². The lowest BCUT2D eigenvalue weighted by Crippen LogP contribution is -2.32. The first-order valence-corrected chi connectivity index (χ1v) is 6.47. The average molecular weight is 290 g/mol. The van der Waals surface area contributed by atoms with Gasteiger partial charge in [0.25, 0.3) is 0 Å². The summed E-state index contributed by atoms with van der Waals surface area (Å²) < 4.78 is 31.7. The van der Waals surface area contributed by atoms with Gasteiger partial charge in [-0.3, -0.25) is 4.79 Å². The van der Waals surface area contributed by atoms with E-state index in [1.807, 2.05) is 24.3 Å². The molecule has 1 aromatic heterocycles. The molecule has 1 atom stereocenters. The second kappa shape index (κ2) is 5.47. The first kappa shape index (κ1) is 13.5. The van der Waals surface area contributed by atoms with E-state index >= 15 is 0 Å². The molecule has 1 aromatic carbocycles. The number of halogens is 2. The minimum atomic E-state index is -1.04. The topological polar surface area (TPSA) is 51.2 Å². The molecule has 6 heteroatoms. The largest absolute Gasteiger partial charge is 0.492 e. The smallest absolute Gasteiger partial charge is 0.239 e. The number of ether oxygens (including phenoxy) is 1. The number of aromatic nitrogens is 1. The summed E-state index contributed by atoms with van der Waals surface area (Å²) in [6.45, 7) is 0.221. The molecule has 1 unspecified atom stereocenters. The molecule has 108 valence electrons. The molecule has 0 bridgehead atoms. The predicted molar refractivity (Wildman–Crippen MR) is 71.9 cm³/mol. The van der Waals surface area contributed by atoms with E-state index in [1.54, 1.807) is 0 Å². The molecule has 21 heavy (non-hydrogen) atoms. The molecular weight excluding hydrogens is 278 g/mol. The number of fused-ring (bicyclic) bond motifs is 1. The van der Waals surface area contributed by atoms with Gasteiger partial charge in [-0.1, -0.05) is 18.2 Å². The molecule has 1 aliphatic heterocycles. The number of rotatable bonds is 2. The molecule has 1 aliphatic rings. The van der Waals surface area contributed by atoms with E-state index in [0.717, 1.165) is 23.4 Å². The Morgan fingerprint density at radius 1 is 1.24 bits per heavy atom. The number of carbonyl (C=O) groups excluding carboxylic acids is 1. The highest BCUT2D eigenvalue weighted by Gasteiger charge is 2.26.